The minimum absolute atomic E-state index is 0.00263. The van der Waals surface area contributed by atoms with E-state index in [1.807, 2.05) is 13.0 Å². The minimum Gasteiger partial charge on any atom is -0.494 e. The van der Waals surface area contributed by atoms with E-state index in [0.717, 1.165) is 5.56 Å². The first kappa shape index (κ1) is 19.2. The van der Waals surface area contributed by atoms with Crippen LogP contribution in [0.4, 0.5) is 5.69 Å². The van der Waals surface area contributed by atoms with E-state index < -0.39 is 10.0 Å². The van der Waals surface area contributed by atoms with Gasteiger partial charge in [0, 0.05) is 17.1 Å². The Balaban J connectivity index is 1.76. The number of primary sulfonamides is 1. The molecule has 0 aliphatic rings. The molecule has 0 unspecified atom stereocenters. The molecule has 2 aromatic carbocycles. The molecule has 0 aliphatic carbocycles. The minimum atomic E-state index is -3.74. The maximum atomic E-state index is 11.9. The van der Waals surface area contributed by atoms with Crippen molar-refractivity contribution in [3.8, 4) is 5.75 Å². The van der Waals surface area contributed by atoms with Crippen LogP contribution < -0.4 is 15.2 Å². The molecule has 0 spiro atoms. The van der Waals surface area contributed by atoms with Gasteiger partial charge in [0.25, 0.3) is 0 Å². The van der Waals surface area contributed by atoms with Crippen molar-refractivity contribution in [3.63, 3.8) is 0 Å². The van der Waals surface area contributed by atoms with Gasteiger partial charge in [-0.2, -0.15) is 0 Å². The Morgan fingerprint density at radius 3 is 2.48 bits per heavy atom. The van der Waals surface area contributed by atoms with Gasteiger partial charge in [-0.25, -0.2) is 13.6 Å². The summed E-state index contributed by atoms with van der Waals surface area (Å²) < 4.78 is 27.9. The van der Waals surface area contributed by atoms with Crippen LogP contribution in [0.1, 0.15) is 18.4 Å². The monoisotopic (exact) mass is 382 g/mol. The van der Waals surface area contributed by atoms with E-state index in [9.17, 15) is 13.2 Å². The Morgan fingerprint density at radius 2 is 1.88 bits per heavy atom. The van der Waals surface area contributed by atoms with Crippen molar-refractivity contribution >= 4 is 33.2 Å². The second-order valence-electron chi connectivity index (χ2n) is 5.48. The highest BCUT2D eigenvalue weighted by atomic mass is 35.5. The zero-order chi connectivity index (χ0) is 18.4. The fourth-order valence-corrected chi connectivity index (χ4v) is 2.71. The lowest BCUT2D eigenvalue weighted by atomic mass is 10.2. The maximum absolute atomic E-state index is 11.9. The number of halogens is 1. The van der Waals surface area contributed by atoms with Gasteiger partial charge in [0.05, 0.1) is 11.5 Å². The van der Waals surface area contributed by atoms with E-state index in [0.29, 0.717) is 29.5 Å². The van der Waals surface area contributed by atoms with Gasteiger partial charge in [0.1, 0.15) is 5.75 Å². The number of hydrogen-bond acceptors (Lipinski definition) is 4. The van der Waals surface area contributed by atoms with Gasteiger partial charge >= 0.3 is 0 Å². The summed E-state index contributed by atoms with van der Waals surface area (Å²) >= 11 is 5.95. The van der Waals surface area contributed by atoms with Crippen LogP contribution in [0.15, 0.2) is 47.4 Å². The van der Waals surface area contributed by atoms with E-state index in [1.165, 1.54) is 24.3 Å². The number of nitrogens with one attached hydrogen (secondary N) is 1. The molecule has 0 radical (unpaired) electrons. The Kier molecular flexibility index (Phi) is 6.41. The second kappa shape index (κ2) is 8.33. The molecule has 2 aromatic rings. The summed E-state index contributed by atoms with van der Waals surface area (Å²) in [5, 5.41) is 8.39. The number of ether oxygens (including phenoxy) is 1. The van der Waals surface area contributed by atoms with E-state index in [2.05, 4.69) is 5.32 Å². The molecule has 0 saturated carbocycles. The molecule has 2 rings (SSSR count). The molecule has 6 nitrogen and oxygen atoms in total. The van der Waals surface area contributed by atoms with Crippen molar-refractivity contribution in [1.82, 2.24) is 0 Å². The van der Waals surface area contributed by atoms with Crippen LogP contribution in [0.25, 0.3) is 0 Å². The van der Waals surface area contributed by atoms with Crippen LogP contribution >= 0.6 is 11.6 Å². The van der Waals surface area contributed by atoms with Gasteiger partial charge in [-0.3, -0.25) is 4.79 Å². The number of aryl methyl sites for hydroxylation is 1. The summed E-state index contributed by atoms with van der Waals surface area (Å²) in [6.45, 7) is 2.29. The van der Waals surface area contributed by atoms with Crippen LogP contribution in [-0.4, -0.2) is 20.9 Å². The van der Waals surface area contributed by atoms with Crippen molar-refractivity contribution in [2.75, 3.05) is 11.9 Å². The molecule has 25 heavy (non-hydrogen) atoms. The number of sulfonamides is 1. The molecule has 0 bridgehead atoms. The van der Waals surface area contributed by atoms with E-state index in [1.54, 1.807) is 12.1 Å². The number of hydrogen-bond donors (Lipinski definition) is 2. The van der Waals surface area contributed by atoms with E-state index >= 15 is 0 Å². The predicted octanol–water partition coefficient (Wildman–Crippen LogP) is 3.09. The lowest BCUT2D eigenvalue weighted by Crippen LogP contribution is -2.14. The lowest BCUT2D eigenvalue weighted by molar-refractivity contribution is -0.116. The van der Waals surface area contributed by atoms with Crippen LogP contribution in [0.5, 0.6) is 5.75 Å². The number of carbonyl (C=O) groups is 1. The van der Waals surface area contributed by atoms with E-state index in [-0.39, 0.29) is 17.2 Å². The molecule has 1 amide bonds. The number of anilines is 1. The van der Waals surface area contributed by atoms with Crippen molar-refractivity contribution < 1.29 is 17.9 Å². The van der Waals surface area contributed by atoms with Gasteiger partial charge in [0.15, 0.2) is 0 Å². The normalized spacial score (nSPS) is 11.2. The van der Waals surface area contributed by atoms with E-state index in [4.69, 9.17) is 21.5 Å². The Bertz CT molecular complexity index is 851. The summed E-state index contributed by atoms with van der Waals surface area (Å²) in [5.41, 5.74) is 1.44. The molecule has 0 heterocycles. The first-order chi connectivity index (χ1) is 11.8. The van der Waals surface area contributed by atoms with Gasteiger partial charge in [0.2, 0.25) is 15.9 Å². The first-order valence-corrected chi connectivity index (χ1v) is 9.50. The third-order valence-electron chi connectivity index (χ3n) is 3.41. The van der Waals surface area contributed by atoms with Crippen LogP contribution in [0, 0.1) is 6.92 Å². The largest absolute Gasteiger partial charge is 0.494 e. The number of amides is 1. The Labute approximate surface area is 152 Å². The molecule has 134 valence electrons. The summed E-state index contributed by atoms with van der Waals surface area (Å²) in [6, 6.07) is 11.1. The average Bonchev–Trinajstić information content (AvgIpc) is 2.54. The molecule has 0 saturated heterocycles. The quantitative estimate of drug-likeness (QED) is 0.719. The number of carbonyl (C=O) groups excluding carboxylic acids is 1. The Morgan fingerprint density at radius 1 is 1.20 bits per heavy atom. The van der Waals surface area contributed by atoms with Crippen molar-refractivity contribution in [3.05, 3.63) is 53.1 Å². The SMILES string of the molecule is Cc1cc(OCCCC(=O)Nc2ccc(S(N)(=O)=O)cc2)ccc1Cl. The zero-order valence-electron chi connectivity index (χ0n) is 13.7. The molecule has 0 aromatic heterocycles. The van der Waals surface area contributed by atoms with Gasteiger partial charge in [-0.15, -0.1) is 0 Å². The molecule has 3 N–H and O–H groups in total. The number of nitrogens with two attached hydrogens (primary N) is 1. The third kappa shape index (κ3) is 6.04. The zero-order valence-corrected chi connectivity index (χ0v) is 15.2. The van der Waals surface area contributed by atoms with Crippen molar-refractivity contribution in [1.29, 1.82) is 0 Å². The van der Waals surface area contributed by atoms with Crippen LogP contribution in [-0.2, 0) is 14.8 Å². The second-order valence-corrected chi connectivity index (χ2v) is 7.45. The van der Waals surface area contributed by atoms with Crippen molar-refractivity contribution in [2.24, 2.45) is 5.14 Å². The van der Waals surface area contributed by atoms with Crippen molar-refractivity contribution in [2.45, 2.75) is 24.7 Å². The predicted molar refractivity (Wildman–Crippen MR) is 97.4 cm³/mol. The van der Waals surface area contributed by atoms with Gasteiger partial charge < -0.3 is 10.1 Å². The molecule has 8 heteroatoms. The van der Waals surface area contributed by atoms with Gasteiger partial charge in [-0.1, -0.05) is 11.6 Å². The van der Waals surface area contributed by atoms with Crippen LogP contribution in [0.3, 0.4) is 0 Å². The summed E-state index contributed by atoms with van der Waals surface area (Å²) in [6.07, 6.45) is 0.826. The van der Waals surface area contributed by atoms with Gasteiger partial charge in [-0.05, 0) is 61.4 Å². The summed E-state index contributed by atoms with van der Waals surface area (Å²) in [7, 11) is -3.74. The first-order valence-electron chi connectivity index (χ1n) is 7.57. The molecule has 0 atom stereocenters. The number of rotatable bonds is 7. The maximum Gasteiger partial charge on any atom is 0.238 e. The molecule has 0 aliphatic heterocycles. The molecule has 0 fully saturated rings. The molecular weight excluding hydrogens is 364 g/mol. The average molecular weight is 383 g/mol. The summed E-state index contributed by atoms with van der Waals surface area (Å²) in [4.78, 5) is 11.9. The number of benzene rings is 2. The highest BCUT2D eigenvalue weighted by molar-refractivity contribution is 7.89. The third-order valence-corrected chi connectivity index (χ3v) is 4.77. The fourth-order valence-electron chi connectivity index (χ4n) is 2.08. The highest BCUT2D eigenvalue weighted by Gasteiger charge is 2.08. The Hall–Kier alpha value is -2.09. The topological polar surface area (TPSA) is 98.5 Å². The standard InChI is InChI=1S/C17H19ClN2O4S/c1-12-11-14(6-9-16(12)18)24-10-2-3-17(21)20-13-4-7-15(8-5-13)25(19,22)23/h4-9,11H,2-3,10H2,1H3,(H,20,21)(H2,19,22,23). The smallest absolute Gasteiger partial charge is 0.238 e. The lowest BCUT2D eigenvalue weighted by Gasteiger charge is -2.08. The molecular formula is C17H19ClN2O4S. The summed E-state index contributed by atoms with van der Waals surface area (Å²) in [5.74, 6) is 0.528. The highest BCUT2D eigenvalue weighted by Crippen LogP contribution is 2.21. The van der Waals surface area contributed by atoms with Crippen LogP contribution in [0.2, 0.25) is 5.02 Å². The fraction of sp³-hybridized carbons (Fsp3) is 0.235.